The second kappa shape index (κ2) is 4.30. The van der Waals surface area contributed by atoms with Crippen LogP contribution in [0.3, 0.4) is 0 Å². The Hall–Kier alpha value is -2.08. The van der Waals surface area contributed by atoms with Gasteiger partial charge in [0, 0.05) is 15.7 Å². The lowest BCUT2D eigenvalue weighted by molar-refractivity contribution is 0.429. The van der Waals surface area contributed by atoms with Gasteiger partial charge in [0.05, 0.1) is 6.26 Å². The summed E-state index contributed by atoms with van der Waals surface area (Å²) in [4.78, 5) is 4.26. The molecule has 0 aliphatic heterocycles. The van der Waals surface area contributed by atoms with E-state index in [0.29, 0.717) is 23.2 Å². The van der Waals surface area contributed by atoms with Crippen molar-refractivity contribution in [2.45, 2.75) is 0 Å². The molecule has 0 unspecified atom stereocenters. The normalized spacial score (nSPS) is 10.7. The highest BCUT2D eigenvalue weighted by molar-refractivity contribution is 9.10. The van der Waals surface area contributed by atoms with Crippen molar-refractivity contribution in [3.05, 3.63) is 41.1 Å². The minimum Gasteiger partial charge on any atom is -0.461 e. The van der Waals surface area contributed by atoms with Gasteiger partial charge < -0.3 is 14.7 Å². The number of hydrogen-bond acceptors (Lipinski definition) is 5. The van der Waals surface area contributed by atoms with Gasteiger partial charge in [-0.3, -0.25) is 0 Å². The van der Waals surface area contributed by atoms with Gasteiger partial charge in [0.15, 0.2) is 5.76 Å². The van der Waals surface area contributed by atoms with Gasteiger partial charge in [-0.05, 0) is 46.3 Å². The van der Waals surface area contributed by atoms with Crippen LogP contribution >= 0.6 is 15.9 Å². The Morgan fingerprint density at radius 3 is 2.83 bits per heavy atom. The van der Waals surface area contributed by atoms with Crippen LogP contribution in [0.15, 0.2) is 50.0 Å². The number of furan rings is 1. The van der Waals surface area contributed by atoms with Crippen molar-refractivity contribution in [1.82, 2.24) is 10.1 Å². The van der Waals surface area contributed by atoms with E-state index in [1.165, 1.54) is 0 Å². The number of nitrogens with zero attached hydrogens (tertiary/aromatic N) is 2. The van der Waals surface area contributed by atoms with Gasteiger partial charge in [-0.2, -0.15) is 4.98 Å². The van der Waals surface area contributed by atoms with Crippen LogP contribution in [0.5, 0.6) is 0 Å². The summed E-state index contributed by atoms with van der Waals surface area (Å²) >= 11 is 3.36. The molecular weight excluding hydrogens is 298 g/mol. The molecule has 0 spiro atoms. The third-order valence-corrected chi connectivity index (χ3v) is 3.10. The minimum absolute atomic E-state index is 0.419. The monoisotopic (exact) mass is 305 g/mol. The molecule has 0 saturated heterocycles. The fourth-order valence-electron chi connectivity index (χ4n) is 1.51. The third-order valence-electron chi connectivity index (χ3n) is 2.41. The smallest absolute Gasteiger partial charge is 0.258 e. The van der Waals surface area contributed by atoms with Crippen LogP contribution in [0.2, 0.25) is 0 Å². The highest BCUT2D eigenvalue weighted by atomic mass is 79.9. The molecule has 0 amide bonds. The molecule has 0 bridgehead atoms. The Morgan fingerprint density at radius 2 is 2.11 bits per heavy atom. The first-order valence-corrected chi connectivity index (χ1v) is 5.96. The first kappa shape index (κ1) is 11.0. The molecule has 2 heterocycles. The predicted molar refractivity (Wildman–Crippen MR) is 69.5 cm³/mol. The highest BCUT2D eigenvalue weighted by Gasteiger charge is 2.12. The summed E-state index contributed by atoms with van der Waals surface area (Å²) in [7, 11) is 0. The number of nitrogens with two attached hydrogens (primary N) is 1. The lowest BCUT2D eigenvalue weighted by Crippen LogP contribution is -1.87. The van der Waals surface area contributed by atoms with Crippen LogP contribution in [0.4, 0.5) is 5.69 Å². The molecule has 1 aromatic carbocycles. The van der Waals surface area contributed by atoms with E-state index in [4.69, 9.17) is 14.7 Å². The molecular formula is C12H8BrN3O2. The van der Waals surface area contributed by atoms with Gasteiger partial charge in [-0.25, -0.2) is 0 Å². The number of aromatic nitrogens is 2. The Morgan fingerprint density at radius 1 is 1.22 bits per heavy atom. The van der Waals surface area contributed by atoms with Gasteiger partial charge in [0.1, 0.15) is 0 Å². The summed E-state index contributed by atoms with van der Waals surface area (Å²) < 4.78 is 11.2. The summed E-state index contributed by atoms with van der Waals surface area (Å²) in [5, 5.41) is 3.86. The molecule has 3 rings (SSSR count). The second-order valence-corrected chi connectivity index (χ2v) is 4.49. The molecule has 0 radical (unpaired) electrons. The number of benzene rings is 1. The fraction of sp³-hybridized carbons (Fsp3) is 0. The van der Waals surface area contributed by atoms with Gasteiger partial charge in [-0.1, -0.05) is 5.16 Å². The van der Waals surface area contributed by atoms with E-state index < -0.39 is 0 Å². The Bertz CT molecular complexity index is 676. The van der Waals surface area contributed by atoms with Gasteiger partial charge >= 0.3 is 0 Å². The summed E-state index contributed by atoms with van der Waals surface area (Å²) in [6.45, 7) is 0. The molecule has 18 heavy (non-hydrogen) atoms. The van der Waals surface area contributed by atoms with Gasteiger partial charge in [-0.15, -0.1) is 0 Å². The van der Waals surface area contributed by atoms with Crippen molar-refractivity contribution >= 4 is 21.6 Å². The largest absolute Gasteiger partial charge is 0.461 e. The maximum atomic E-state index is 5.72. The molecule has 0 aliphatic rings. The van der Waals surface area contributed by atoms with E-state index >= 15 is 0 Å². The molecule has 2 N–H and O–H groups in total. The number of anilines is 1. The van der Waals surface area contributed by atoms with Crippen molar-refractivity contribution in [2.75, 3.05) is 5.73 Å². The number of nitrogen functional groups attached to an aromatic ring is 1. The van der Waals surface area contributed by atoms with Crippen molar-refractivity contribution in [1.29, 1.82) is 0 Å². The second-order valence-electron chi connectivity index (χ2n) is 3.64. The third kappa shape index (κ3) is 1.91. The van der Waals surface area contributed by atoms with Crippen molar-refractivity contribution in [3.63, 3.8) is 0 Å². The molecule has 3 aromatic rings. The Kier molecular flexibility index (Phi) is 2.64. The predicted octanol–water partition coefficient (Wildman–Crippen LogP) is 3.34. The standard InChI is InChI=1S/C12H8BrN3O2/c13-8-6-7(3-4-9(8)14)12-15-11(16-18-12)10-2-1-5-17-10/h1-6H,14H2. The maximum Gasteiger partial charge on any atom is 0.258 e. The van der Waals surface area contributed by atoms with Crippen LogP contribution in [-0.2, 0) is 0 Å². The van der Waals surface area contributed by atoms with Crippen molar-refractivity contribution < 1.29 is 8.94 Å². The van der Waals surface area contributed by atoms with E-state index in [1.54, 1.807) is 24.5 Å². The van der Waals surface area contributed by atoms with Gasteiger partial charge in [0.25, 0.3) is 5.89 Å². The van der Waals surface area contributed by atoms with Gasteiger partial charge in [0.2, 0.25) is 5.82 Å². The lowest BCUT2D eigenvalue weighted by atomic mass is 10.2. The molecule has 0 saturated carbocycles. The summed E-state index contributed by atoms with van der Waals surface area (Å²) in [6, 6.07) is 8.96. The van der Waals surface area contributed by atoms with E-state index in [0.717, 1.165) is 10.0 Å². The fourth-order valence-corrected chi connectivity index (χ4v) is 1.89. The number of hydrogen-bond donors (Lipinski definition) is 1. The summed E-state index contributed by atoms with van der Waals surface area (Å²) in [6.07, 6.45) is 1.56. The molecule has 0 fully saturated rings. The molecule has 5 nitrogen and oxygen atoms in total. The number of rotatable bonds is 2. The zero-order valence-electron chi connectivity index (χ0n) is 9.13. The zero-order valence-corrected chi connectivity index (χ0v) is 10.7. The van der Waals surface area contributed by atoms with E-state index in [-0.39, 0.29) is 0 Å². The van der Waals surface area contributed by atoms with Crippen LogP contribution < -0.4 is 5.73 Å². The first-order chi connectivity index (χ1) is 8.74. The molecule has 0 aliphatic carbocycles. The molecule has 0 atom stereocenters. The Labute approximate surface area is 111 Å². The average Bonchev–Trinajstić information content (AvgIpc) is 3.01. The van der Waals surface area contributed by atoms with E-state index in [9.17, 15) is 0 Å². The topological polar surface area (TPSA) is 78.1 Å². The summed E-state index contributed by atoms with van der Waals surface area (Å²) in [5.74, 6) is 1.41. The summed E-state index contributed by atoms with van der Waals surface area (Å²) in [5.41, 5.74) is 7.17. The SMILES string of the molecule is Nc1ccc(-c2nc(-c3ccco3)no2)cc1Br. The Balaban J connectivity index is 2.00. The maximum absolute atomic E-state index is 5.72. The van der Waals surface area contributed by atoms with Crippen LogP contribution in [-0.4, -0.2) is 10.1 Å². The van der Waals surface area contributed by atoms with Crippen molar-refractivity contribution in [3.8, 4) is 23.0 Å². The van der Waals surface area contributed by atoms with Crippen LogP contribution in [0.25, 0.3) is 23.0 Å². The zero-order chi connectivity index (χ0) is 12.5. The van der Waals surface area contributed by atoms with Crippen molar-refractivity contribution in [2.24, 2.45) is 0 Å². The molecule has 6 heteroatoms. The number of halogens is 1. The average molecular weight is 306 g/mol. The van der Waals surface area contributed by atoms with E-state index in [2.05, 4.69) is 26.1 Å². The van der Waals surface area contributed by atoms with Crippen LogP contribution in [0, 0.1) is 0 Å². The molecule has 2 aromatic heterocycles. The quantitative estimate of drug-likeness (QED) is 0.735. The lowest BCUT2D eigenvalue weighted by Gasteiger charge is -1.98. The molecule has 90 valence electrons. The van der Waals surface area contributed by atoms with E-state index in [1.807, 2.05) is 12.1 Å². The van der Waals surface area contributed by atoms with Crippen LogP contribution in [0.1, 0.15) is 0 Å². The first-order valence-electron chi connectivity index (χ1n) is 5.17. The highest BCUT2D eigenvalue weighted by Crippen LogP contribution is 2.27. The minimum atomic E-state index is 0.419.